The Kier molecular flexibility index (Phi) is 10.1. The van der Waals surface area contributed by atoms with Crippen LogP contribution in [-0.2, 0) is 25.7 Å². The molecule has 2 aliphatic heterocycles. The molecule has 14 heteroatoms. The summed E-state index contributed by atoms with van der Waals surface area (Å²) in [5, 5.41) is 21.9. The van der Waals surface area contributed by atoms with Crippen LogP contribution >= 0.6 is 11.8 Å². The number of carboxylic acids is 1. The fraction of sp³-hybridized carbons (Fsp3) is 0.355. The van der Waals surface area contributed by atoms with E-state index in [1.807, 2.05) is 12.1 Å². The molecule has 0 aliphatic carbocycles. The van der Waals surface area contributed by atoms with Gasteiger partial charge in [0.1, 0.15) is 11.1 Å². The van der Waals surface area contributed by atoms with Gasteiger partial charge in [-0.2, -0.15) is 13.2 Å². The van der Waals surface area contributed by atoms with E-state index in [9.17, 15) is 37.8 Å². The van der Waals surface area contributed by atoms with Crippen molar-refractivity contribution in [1.82, 2.24) is 9.88 Å². The Labute approximate surface area is 260 Å². The van der Waals surface area contributed by atoms with Crippen LogP contribution in [0, 0.1) is 0 Å². The molecule has 238 valence electrons. The molecular weight excluding hydrogens is 615 g/mol. The second-order valence-corrected chi connectivity index (χ2v) is 11.6. The quantitative estimate of drug-likeness (QED) is 0.271. The molecule has 10 nitrogen and oxygen atoms in total. The SMILES string of the molecule is O=C(O)c1cccnc1SC[C@@H]1C[C@H](c2ccc(CO)cc2)O[C@H](c2ccc(NC(=O)[C@@H]3CCCN3C(=O)C(F)(F)F)cc2)O1. The number of amides is 2. The number of thioether (sulfide) groups is 1. The minimum atomic E-state index is -5.06. The van der Waals surface area contributed by atoms with Crippen molar-refractivity contribution in [3.05, 3.63) is 89.1 Å². The van der Waals surface area contributed by atoms with E-state index in [4.69, 9.17) is 9.47 Å². The van der Waals surface area contributed by atoms with Crippen molar-refractivity contribution in [2.75, 3.05) is 17.6 Å². The Balaban J connectivity index is 1.30. The van der Waals surface area contributed by atoms with Gasteiger partial charge in [-0.3, -0.25) is 9.59 Å². The summed E-state index contributed by atoms with van der Waals surface area (Å²) in [6.45, 7) is -0.250. The summed E-state index contributed by atoms with van der Waals surface area (Å²) in [4.78, 5) is 41.0. The number of pyridine rings is 1. The molecule has 0 bridgehead atoms. The largest absolute Gasteiger partial charge is 0.478 e. The van der Waals surface area contributed by atoms with Crippen LogP contribution in [0.4, 0.5) is 18.9 Å². The Morgan fingerprint density at radius 2 is 1.73 bits per heavy atom. The van der Waals surface area contributed by atoms with Gasteiger partial charge in [0, 0.05) is 36.2 Å². The fourth-order valence-electron chi connectivity index (χ4n) is 5.26. The molecule has 1 aromatic heterocycles. The minimum absolute atomic E-state index is 0.0865. The number of aromatic nitrogens is 1. The number of nitrogens with one attached hydrogen (secondary N) is 1. The Morgan fingerprint density at radius 1 is 1.02 bits per heavy atom. The van der Waals surface area contributed by atoms with Crippen molar-refractivity contribution in [2.45, 2.75) is 61.6 Å². The zero-order valence-electron chi connectivity index (χ0n) is 23.8. The normalized spacial score (nSPS) is 21.8. The van der Waals surface area contributed by atoms with Crippen LogP contribution < -0.4 is 5.32 Å². The van der Waals surface area contributed by atoms with Crippen LogP contribution in [0.15, 0.2) is 71.9 Å². The van der Waals surface area contributed by atoms with Crippen molar-refractivity contribution in [1.29, 1.82) is 0 Å². The van der Waals surface area contributed by atoms with Gasteiger partial charge in [-0.1, -0.05) is 36.4 Å². The first-order valence-electron chi connectivity index (χ1n) is 14.1. The maximum absolute atomic E-state index is 13.0. The number of aromatic carboxylic acids is 1. The van der Waals surface area contributed by atoms with Crippen LogP contribution in [0.3, 0.4) is 0 Å². The zero-order valence-corrected chi connectivity index (χ0v) is 24.6. The minimum Gasteiger partial charge on any atom is -0.478 e. The molecule has 2 aromatic carbocycles. The first-order chi connectivity index (χ1) is 21.5. The Hall–Kier alpha value is -3.98. The summed E-state index contributed by atoms with van der Waals surface area (Å²) in [7, 11) is 0. The van der Waals surface area contributed by atoms with Gasteiger partial charge >= 0.3 is 18.1 Å². The number of carboxylic acid groups (broad SMARTS) is 1. The van der Waals surface area contributed by atoms with Crippen LogP contribution in [-0.4, -0.2) is 68.5 Å². The van der Waals surface area contributed by atoms with Gasteiger partial charge < -0.3 is 29.9 Å². The molecule has 0 spiro atoms. The highest BCUT2D eigenvalue weighted by Crippen LogP contribution is 2.40. The monoisotopic (exact) mass is 645 g/mol. The molecule has 0 saturated carbocycles. The number of rotatable bonds is 9. The molecule has 5 rings (SSSR count). The number of nitrogens with zero attached hydrogens (tertiary/aromatic N) is 2. The van der Waals surface area contributed by atoms with Crippen molar-refractivity contribution in [3.63, 3.8) is 0 Å². The molecule has 2 fully saturated rings. The smallest absolute Gasteiger partial charge is 0.471 e. The standard InChI is InChI=1S/C31H30F3N3O7S/c32-31(33,34)30(42)37-14-2-4-24(37)26(39)36-21-11-9-20(10-12-21)29-43-22(17-45-27-23(28(40)41)3-1-13-35-27)15-25(44-29)19-7-5-18(16-38)6-8-19/h1,3,5-13,22,24-25,29,38H,2,4,14-17H2,(H,36,39)(H,40,41)/t22-,24-,25+,29+/m0/s1. The number of aliphatic hydroxyl groups is 1. The number of alkyl halides is 3. The number of aliphatic hydroxyl groups excluding tert-OH is 1. The average molecular weight is 646 g/mol. The van der Waals surface area contributed by atoms with Crippen LogP contribution in [0.1, 0.15) is 58.7 Å². The summed E-state index contributed by atoms with van der Waals surface area (Å²) in [6.07, 6.45) is -4.28. The van der Waals surface area contributed by atoms with Crippen molar-refractivity contribution < 1.29 is 47.2 Å². The summed E-state index contributed by atoms with van der Waals surface area (Å²) >= 11 is 1.26. The van der Waals surface area contributed by atoms with E-state index >= 15 is 0 Å². The second kappa shape index (κ2) is 14.0. The van der Waals surface area contributed by atoms with Gasteiger partial charge in [0.15, 0.2) is 6.29 Å². The number of likely N-dealkylation sites (tertiary alicyclic amines) is 1. The highest BCUT2D eigenvalue weighted by atomic mass is 32.2. The predicted octanol–water partition coefficient (Wildman–Crippen LogP) is 5.10. The van der Waals surface area contributed by atoms with Gasteiger partial charge in [0.25, 0.3) is 0 Å². The molecule has 2 aliphatic rings. The van der Waals surface area contributed by atoms with E-state index in [1.54, 1.807) is 42.5 Å². The highest BCUT2D eigenvalue weighted by Gasteiger charge is 2.47. The van der Waals surface area contributed by atoms with E-state index in [-0.39, 0.29) is 37.7 Å². The first-order valence-corrected chi connectivity index (χ1v) is 15.1. The molecular formula is C31H30F3N3O7S. The Morgan fingerprint density at radius 3 is 2.40 bits per heavy atom. The maximum Gasteiger partial charge on any atom is 0.471 e. The molecule has 2 saturated heterocycles. The van der Waals surface area contributed by atoms with Crippen LogP contribution in [0.2, 0.25) is 0 Å². The van der Waals surface area contributed by atoms with E-state index < -0.39 is 42.4 Å². The number of halogens is 3. The predicted molar refractivity (Wildman–Crippen MR) is 156 cm³/mol. The van der Waals surface area contributed by atoms with E-state index in [0.717, 1.165) is 11.1 Å². The number of carbonyl (C=O) groups is 3. The summed E-state index contributed by atoms with van der Waals surface area (Å²) < 4.78 is 51.5. The molecule has 2 amide bonds. The topological polar surface area (TPSA) is 138 Å². The van der Waals surface area contributed by atoms with Crippen molar-refractivity contribution in [3.8, 4) is 0 Å². The van der Waals surface area contributed by atoms with Gasteiger partial charge in [0.2, 0.25) is 5.91 Å². The number of anilines is 1. The molecule has 3 heterocycles. The molecule has 0 radical (unpaired) electrons. The van der Waals surface area contributed by atoms with Crippen molar-refractivity contribution >= 4 is 35.2 Å². The van der Waals surface area contributed by atoms with E-state index in [1.165, 1.54) is 24.0 Å². The third kappa shape index (κ3) is 7.82. The number of hydrogen-bond donors (Lipinski definition) is 3. The maximum atomic E-state index is 13.0. The molecule has 0 unspecified atom stereocenters. The summed E-state index contributed by atoms with van der Waals surface area (Å²) in [5.41, 5.74) is 2.62. The molecule has 45 heavy (non-hydrogen) atoms. The van der Waals surface area contributed by atoms with Crippen molar-refractivity contribution in [2.24, 2.45) is 0 Å². The van der Waals surface area contributed by atoms with E-state index in [2.05, 4.69) is 10.3 Å². The lowest BCUT2D eigenvalue weighted by Gasteiger charge is -2.36. The number of carbonyl (C=O) groups excluding carboxylic acids is 2. The molecule has 3 N–H and O–H groups in total. The number of ether oxygens (including phenoxy) is 2. The van der Waals surface area contributed by atoms with Gasteiger partial charge in [0.05, 0.1) is 24.4 Å². The van der Waals surface area contributed by atoms with Gasteiger partial charge in [-0.25, -0.2) is 9.78 Å². The summed E-state index contributed by atoms with van der Waals surface area (Å²) in [6, 6.07) is 15.6. The number of hydrogen-bond acceptors (Lipinski definition) is 8. The van der Waals surface area contributed by atoms with E-state index in [0.29, 0.717) is 33.4 Å². The number of benzene rings is 2. The lowest BCUT2D eigenvalue weighted by Crippen LogP contribution is -2.48. The fourth-order valence-corrected chi connectivity index (χ4v) is 6.26. The lowest BCUT2D eigenvalue weighted by atomic mass is 10.0. The summed E-state index contributed by atoms with van der Waals surface area (Å²) in [5.74, 6) is -3.44. The third-order valence-electron chi connectivity index (χ3n) is 7.53. The second-order valence-electron chi connectivity index (χ2n) is 10.6. The lowest BCUT2D eigenvalue weighted by molar-refractivity contribution is -0.245. The molecule has 3 aromatic rings. The van der Waals surface area contributed by atoms with Crippen LogP contribution in [0.25, 0.3) is 0 Å². The third-order valence-corrected chi connectivity index (χ3v) is 8.67. The molecule has 4 atom stereocenters. The highest BCUT2D eigenvalue weighted by molar-refractivity contribution is 7.99. The Bertz CT molecular complexity index is 1520. The van der Waals surface area contributed by atoms with Crippen LogP contribution in [0.5, 0.6) is 0 Å². The van der Waals surface area contributed by atoms with Gasteiger partial charge in [-0.15, -0.1) is 11.8 Å². The van der Waals surface area contributed by atoms with Gasteiger partial charge in [-0.05, 0) is 48.2 Å². The zero-order chi connectivity index (χ0) is 32.1. The average Bonchev–Trinajstić information content (AvgIpc) is 3.53. The first kappa shape index (κ1) is 32.4.